The van der Waals surface area contributed by atoms with Gasteiger partial charge in [0.25, 0.3) is 0 Å². The Hall–Kier alpha value is -2.08. The molecule has 2 spiro atoms. The van der Waals surface area contributed by atoms with E-state index in [1.165, 1.54) is 30.5 Å². The molecular weight excluding hydrogens is 474 g/mol. The van der Waals surface area contributed by atoms with Crippen molar-refractivity contribution in [2.24, 2.45) is 16.7 Å². The molecule has 1 unspecified atom stereocenters. The Bertz CT molecular complexity index is 1350. The van der Waals surface area contributed by atoms with E-state index in [0.717, 1.165) is 49.3 Å². The second kappa shape index (κ2) is 7.16. The van der Waals surface area contributed by atoms with E-state index in [0.29, 0.717) is 18.2 Å². The van der Waals surface area contributed by atoms with Gasteiger partial charge >= 0.3 is 0 Å². The minimum atomic E-state index is -0.967. The molecule has 0 radical (unpaired) electrons. The van der Waals surface area contributed by atoms with Gasteiger partial charge in [-0.3, -0.25) is 4.90 Å². The highest BCUT2D eigenvalue weighted by Crippen LogP contribution is 2.83. The minimum Gasteiger partial charge on any atom is -0.504 e. The quantitative estimate of drug-likeness (QED) is 0.572. The monoisotopic (exact) mass is 515 g/mol. The molecule has 6 aliphatic rings. The molecule has 3 saturated carbocycles. The molecule has 2 heterocycles. The van der Waals surface area contributed by atoms with E-state index >= 15 is 0 Å². The molecule has 2 bridgehead atoms. The van der Waals surface area contributed by atoms with Crippen LogP contribution < -0.4 is 4.74 Å². The number of piperidine rings is 1. The predicted octanol–water partition coefficient (Wildman–Crippen LogP) is 5.22. The van der Waals surface area contributed by atoms with Crippen LogP contribution in [0.15, 0.2) is 36.4 Å². The number of aliphatic hydroxyl groups is 1. The summed E-state index contributed by atoms with van der Waals surface area (Å²) < 4.78 is 13.7. The third-order valence-corrected chi connectivity index (χ3v) is 12.6. The molecule has 5 nitrogen and oxygen atoms in total. The van der Waals surface area contributed by atoms with Gasteiger partial charge in [-0.2, -0.15) is 0 Å². The van der Waals surface area contributed by atoms with Crippen LogP contribution in [0.3, 0.4) is 0 Å². The van der Waals surface area contributed by atoms with Crippen LogP contribution >= 0.6 is 0 Å². The van der Waals surface area contributed by atoms with Crippen LogP contribution in [0.1, 0.15) is 74.6 Å². The summed E-state index contributed by atoms with van der Waals surface area (Å²) in [7, 11) is 1.83. The van der Waals surface area contributed by atoms with Crippen molar-refractivity contribution in [2.75, 3.05) is 20.2 Å². The third kappa shape index (κ3) is 2.39. The van der Waals surface area contributed by atoms with E-state index in [-0.39, 0.29) is 22.7 Å². The molecule has 2 N–H and O–H groups in total. The smallest absolute Gasteiger partial charge is 0.165 e. The lowest BCUT2D eigenvalue weighted by molar-refractivity contribution is -0.256. The summed E-state index contributed by atoms with van der Waals surface area (Å²) in [6.45, 7) is 9.06. The maximum atomic E-state index is 12.7. The molecule has 2 aromatic carbocycles. The summed E-state index contributed by atoms with van der Waals surface area (Å²) in [6.07, 6.45) is 6.76. The van der Waals surface area contributed by atoms with Crippen LogP contribution in [0.2, 0.25) is 0 Å². The molecular formula is C33H41NO4. The van der Waals surface area contributed by atoms with Crippen LogP contribution in [0.4, 0.5) is 0 Å². The van der Waals surface area contributed by atoms with E-state index in [4.69, 9.17) is 9.47 Å². The van der Waals surface area contributed by atoms with Gasteiger partial charge in [-0.15, -0.1) is 0 Å². The Kier molecular flexibility index (Phi) is 4.48. The van der Waals surface area contributed by atoms with Gasteiger partial charge in [0.05, 0.1) is 5.60 Å². The average Bonchev–Trinajstić information content (AvgIpc) is 3.78. The summed E-state index contributed by atoms with van der Waals surface area (Å²) in [5.41, 5.74) is 2.29. The van der Waals surface area contributed by atoms with Gasteiger partial charge < -0.3 is 19.7 Å². The number of aryl methyl sites for hydroxylation is 1. The van der Waals surface area contributed by atoms with Crippen molar-refractivity contribution in [3.8, 4) is 11.5 Å². The molecule has 4 fully saturated rings. The topological polar surface area (TPSA) is 62.2 Å². The molecule has 8 rings (SSSR count). The van der Waals surface area contributed by atoms with Crippen LogP contribution in [-0.2, 0) is 22.2 Å². The number of hydrogen-bond donors (Lipinski definition) is 2. The van der Waals surface area contributed by atoms with Crippen molar-refractivity contribution < 1.29 is 19.7 Å². The van der Waals surface area contributed by atoms with Gasteiger partial charge in [-0.25, -0.2) is 0 Å². The van der Waals surface area contributed by atoms with E-state index in [2.05, 4.69) is 56.0 Å². The molecule has 2 aliphatic heterocycles. The van der Waals surface area contributed by atoms with Crippen molar-refractivity contribution in [3.63, 3.8) is 0 Å². The summed E-state index contributed by atoms with van der Waals surface area (Å²) in [4.78, 5) is 2.79. The number of rotatable bonds is 5. The molecule has 1 saturated heterocycles. The first-order valence-corrected chi connectivity index (χ1v) is 14.8. The van der Waals surface area contributed by atoms with Crippen molar-refractivity contribution >= 4 is 0 Å². The van der Waals surface area contributed by atoms with Gasteiger partial charge in [-0.05, 0) is 92.5 Å². The lowest BCUT2D eigenvalue weighted by Crippen LogP contribution is -2.78. The summed E-state index contributed by atoms with van der Waals surface area (Å²) >= 11 is 0. The van der Waals surface area contributed by atoms with Crippen molar-refractivity contribution in [1.29, 1.82) is 0 Å². The van der Waals surface area contributed by atoms with Crippen molar-refractivity contribution in [1.82, 2.24) is 4.90 Å². The van der Waals surface area contributed by atoms with Crippen LogP contribution in [-0.4, -0.2) is 53.1 Å². The Morgan fingerprint density at radius 3 is 2.63 bits per heavy atom. The maximum absolute atomic E-state index is 12.7. The summed E-state index contributed by atoms with van der Waals surface area (Å²) in [6, 6.07) is 12.7. The second-order valence-corrected chi connectivity index (χ2v) is 13.8. The predicted molar refractivity (Wildman–Crippen MR) is 145 cm³/mol. The van der Waals surface area contributed by atoms with Crippen molar-refractivity contribution in [3.05, 3.63) is 58.7 Å². The molecule has 2 aromatic rings. The fourth-order valence-electron chi connectivity index (χ4n) is 10.7. The molecule has 7 atom stereocenters. The number of ether oxygens (including phenoxy) is 2. The molecule has 4 aliphatic carbocycles. The van der Waals surface area contributed by atoms with Crippen LogP contribution in [0, 0.1) is 23.7 Å². The van der Waals surface area contributed by atoms with Crippen LogP contribution in [0.5, 0.6) is 11.5 Å². The average molecular weight is 516 g/mol. The summed E-state index contributed by atoms with van der Waals surface area (Å²) in [5, 5.41) is 23.8. The zero-order chi connectivity index (χ0) is 26.3. The van der Waals surface area contributed by atoms with Gasteiger partial charge in [0.1, 0.15) is 11.7 Å². The minimum absolute atomic E-state index is 0.110. The Morgan fingerprint density at radius 2 is 1.92 bits per heavy atom. The Morgan fingerprint density at radius 1 is 1.13 bits per heavy atom. The molecule has 0 amide bonds. The molecule has 5 heteroatoms. The van der Waals surface area contributed by atoms with Crippen molar-refractivity contribution in [2.45, 2.75) is 94.5 Å². The fourth-order valence-corrected chi connectivity index (χ4v) is 10.7. The van der Waals surface area contributed by atoms with E-state index in [1.54, 1.807) is 0 Å². The SMILES string of the molecule is CC[C@]1(OC)[C@@H]2Oc3c(O)ccc4c3[C@@]23CCN(CC2CC2)[C@H](C4)[C@@]3(C)CC12C[C@@]2(O)c1ccccc1C. The number of phenolic OH excluding ortho intramolecular Hbond substituents is 1. The second-order valence-electron chi connectivity index (χ2n) is 13.8. The number of aromatic hydroxyl groups is 1. The zero-order valence-corrected chi connectivity index (χ0v) is 23.2. The lowest BCUT2D eigenvalue weighted by atomic mass is 9.38. The number of nitrogens with zero attached hydrogens (tertiary/aromatic N) is 1. The molecule has 38 heavy (non-hydrogen) atoms. The third-order valence-electron chi connectivity index (χ3n) is 12.6. The van der Waals surface area contributed by atoms with Crippen LogP contribution in [0.25, 0.3) is 0 Å². The van der Waals surface area contributed by atoms with Gasteiger partial charge in [0.15, 0.2) is 11.5 Å². The Balaban J connectivity index is 1.38. The van der Waals surface area contributed by atoms with Gasteiger partial charge in [0.2, 0.25) is 0 Å². The summed E-state index contributed by atoms with van der Waals surface area (Å²) in [5.74, 6) is 1.75. The number of benzene rings is 2. The number of likely N-dealkylation sites (tertiary alicyclic amines) is 1. The zero-order valence-electron chi connectivity index (χ0n) is 23.2. The highest BCUT2D eigenvalue weighted by atomic mass is 16.6. The number of hydrogen-bond acceptors (Lipinski definition) is 5. The first-order chi connectivity index (χ1) is 18.2. The largest absolute Gasteiger partial charge is 0.504 e. The van der Waals surface area contributed by atoms with E-state index in [1.807, 2.05) is 13.2 Å². The Labute approximate surface area is 226 Å². The fraction of sp³-hybridized carbons (Fsp3) is 0.636. The normalized spacial score (nSPS) is 44.1. The highest BCUT2D eigenvalue weighted by molar-refractivity contribution is 5.63. The van der Waals surface area contributed by atoms with Gasteiger partial charge in [0, 0.05) is 36.1 Å². The molecule has 202 valence electrons. The highest BCUT2D eigenvalue weighted by Gasteiger charge is 2.88. The lowest BCUT2D eigenvalue weighted by Gasteiger charge is -2.70. The first-order valence-electron chi connectivity index (χ1n) is 14.8. The number of phenols is 1. The van der Waals surface area contributed by atoms with Gasteiger partial charge in [-0.1, -0.05) is 44.2 Å². The molecule has 0 aromatic heterocycles. The number of methoxy groups -OCH3 is 1. The van der Waals surface area contributed by atoms with E-state index < -0.39 is 16.6 Å². The first kappa shape index (κ1) is 23.8. The maximum Gasteiger partial charge on any atom is 0.165 e. The standard InChI is InChI=1S/C33H41NO4/c1-5-33(37-4)28-31-14-15-34(17-21-10-11-21)25(16-22-12-13-24(35)27(38-28)26(22)31)29(31,3)18-30(33)19-32(30,36)23-9-7-6-8-20(23)2/h6-9,12-13,21,25,28,35-36H,5,10-11,14-19H2,1-4H3/t25-,28-,29-,30?,31+,32-,33+/m1/s1. The van der Waals surface area contributed by atoms with E-state index in [9.17, 15) is 10.2 Å².